The van der Waals surface area contributed by atoms with Crippen LogP contribution in [-0.4, -0.2) is 30.5 Å². The van der Waals surface area contributed by atoms with Gasteiger partial charge in [-0.1, -0.05) is 18.6 Å². The summed E-state index contributed by atoms with van der Waals surface area (Å²) < 4.78 is 5.69. The molecule has 1 saturated heterocycles. The Bertz CT molecular complexity index is 420. The minimum Gasteiger partial charge on any atom is -0.492 e. The SMILES string of the molecule is NCc1cccc(OCCN2CCCCCC2=O)c1. The smallest absolute Gasteiger partial charge is 0.222 e. The van der Waals surface area contributed by atoms with Crippen molar-refractivity contribution in [2.45, 2.75) is 32.2 Å². The quantitative estimate of drug-likeness (QED) is 0.882. The summed E-state index contributed by atoms with van der Waals surface area (Å²) in [4.78, 5) is 13.7. The van der Waals surface area contributed by atoms with E-state index >= 15 is 0 Å². The molecule has 1 amide bonds. The van der Waals surface area contributed by atoms with Crippen LogP contribution in [0.15, 0.2) is 24.3 Å². The molecule has 1 heterocycles. The predicted molar refractivity (Wildman–Crippen MR) is 74.9 cm³/mol. The summed E-state index contributed by atoms with van der Waals surface area (Å²) in [5.74, 6) is 1.09. The van der Waals surface area contributed by atoms with Gasteiger partial charge in [0.25, 0.3) is 0 Å². The maximum Gasteiger partial charge on any atom is 0.222 e. The minimum atomic E-state index is 0.261. The van der Waals surface area contributed by atoms with Crippen LogP contribution in [0.1, 0.15) is 31.2 Å². The van der Waals surface area contributed by atoms with E-state index in [4.69, 9.17) is 10.5 Å². The molecule has 1 aliphatic heterocycles. The van der Waals surface area contributed by atoms with Crippen molar-refractivity contribution in [3.8, 4) is 5.75 Å². The molecule has 0 aliphatic carbocycles. The minimum absolute atomic E-state index is 0.261. The average Bonchev–Trinajstić information content (AvgIpc) is 2.64. The zero-order chi connectivity index (χ0) is 13.5. The van der Waals surface area contributed by atoms with Gasteiger partial charge in [0.2, 0.25) is 5.91 Å². The van der Waals surface area contributed by atoms with Gasteiger partial charge in [-0.3, -0.25) is 4.79 Å². The van der Waals surface area contributed by atoms with Crippen molar-refractivity contribution in [2.24, 2.45) is 5.73 Å². The molecule has 1 aromatic rings. The lowest BCUT2D eigenvalue weighted by atomic mass is 10.2. The number of benzene rings is 1. The van der Waals surface area contributed by atoms with Crippen LogP contribution in [0.2, 0.25) is 0 Å². The molecule has 4 nitrogen and oxygen atoms in total. The summed E-state index contributed by atoms with van der Waals surface area (Å²) in [6.07, 6.45) is 3.97. The molecular weight excluding hydrogens is 240 g/mol. The monoisotopic (exact) mass is 262 g/mol. The van der Waals surface area contributed by atoms with Gasteiger partial charge >= 0.3 is 0 Å². The highest BCUT2D eigenvalue weighted by Crippen LogP contribution is 2.14. The van der Waals surface area contributed by atoms with Gasteiger partial charge in [-0.15, -0.1) is 0 Å². The molecule has 0 radical (unpaired) electrons. The van der Waals surface area contributed by atoms with Gasteiger partial charge in [0.05, 0.1) is 6.54 Å². The summed E-state index contributed by atoms with van der Waals surface area (Å²) >= 11 is 0. The molecule has 104 valence electrons. The van der Waals surface area contributed by atoms with E-state index in [1.807, 2.05) is 29.2 Å². The van der Waals surface area contributed by atoms with E-state index in [0.29, 0.717) is 26.1 Å². The fourth-order valence-electron chi connectivity index (χ4n) is 2.31. The lowest BCUT2D eigenvalue weighted by molar-refractivity contribution is -0.131. The van der Waals surface area contributed by atoms with Gasteiger partial charge in [-0.2, -0.15) is 0 Å². The maximum absolute atomic E-state index is 11.8. The number of ether oxygens (including phenoxy) is 1. The van der Waals surface area contributed by atoms with E-state index in [0.717, 1.165) is 37.1 Å². The van der Waals surface area contributed by atoms with Crippen molar-refractivity contribution < 1.29 is 9.53 Å². The number of carbonyl (C=O) groups is 1. The molecule has 0 atom stereocenters. The normalized spacial score (nSPS) is 16.3. The summed E-state index contributed by atoms with van der Waals surface area (Å²) in [5, 5.41) is 0. The average molecular weight is 262 g/mol. The zero-order valence-electron chi connectivity index (χ0n) is 11.3. The van der Waals surface area contributed by atoms with Crippen LogP contribution in [0.5, 0.6) is 5.75 Å². The number of nitrogens with zero attached hydrogens (tertiary/aromatic N) is 1. The number of amides is 1. The van der Waals surface area contributed by atoms with E-state index < -0.39 is 0 Å². The van der Waals surface area contributed by atoms with E-state index in [1.165, 1.54) is 0 Å². The Morgan fingerprint density at radius 2 is 2.16 bits per heavy atom. The van der Waals surface area contributed by atoms with Gasteiger partial charge in [0.1, 0.15) is 12.4 Å². The van der Waals surface area contributed by atoms with Crippen LogP contribution in [0.4, 0.5) is 0 Å². The van der Waals surface area contributed by atoms with Gasteiger partial charge < -0.3 is 15.4 Å². The highest BCUT2D eigenvalue weighted by molar-refractivity contribution is 5.76. The number of hydrogen-bond donors (Lipinski definition) is 1. The fourth-order valence-corrected chi connectivity index (χ4v) is 2.31. The lowest BCUT2D eigenvalue weighted by Crippen LogP contribution is -2.34. The third kappa shape index (κ3) is 4.24. The van der Waals surface area contributed by atoms with Crippen LogP contribution in [0.25, 0.3) is 0 Å². The molecule has 0 aromatic heterocycles. The largest absolute Gasteiger partial charge is 0.492 e. The first-order valence-corrected chi connectivity index (χ1v) is 6.99. The Morgan fingerprint density at radius 1 is 1.26 bits per heavy atom. The fraction of sp³-hybridized carbons (Fsp3) is 0.533. The van der Waals surface area contributed by atoms with E-state index in [1.54, 1.807) is 0 Å². The van der Waals surface area contributed by atoms with E-state index in [9.17, 15) is 4.79 Å². The maximum atomic E-state index is 11.8. The molecule has 1 aromatic carbocycles. The molecule has 0 saturated carbocycles. The van der Waals surface area contributed by atoms with E-state index in [2.05, 4.69) is 0 Å². The highest BCUT2D eigenvalue weighted by atomic mass is 16.5. The van der Waals surface area contributed by atoms with Crippen molar-refractivity contribution in [2.75, 3.05) is 19.7 Å². The van der Waals surface area contributed by atoms with Crippen LogP contribution in [0, 0.1) is 0 Å². The first-order valence-electron chi connectivity index (χ1n) is 6.99. The topological polar surface area (TPSA) is 55.6 Å². The highest BCUT2D eigenvalue weighted by Gasteiger charge is 2.15. The van der Waals surface area contributed by atoms with Crippen LogP contribution < -0.4 is 10.5 Å². The van der Waals surface area contributed by atoms with Crippen molar-refractivity contribution in [1.82, 2.24) is 4.90 Å². The third-order valence-electron chi connectivity index (χ3n) is 3.44. The lowest BCUT2D eigenvalue weighted by Gasteiger charge is -2.20. The Balaban J connectivity index is 1.80. The molecule has 0 spiro atoms. The van der Waals surface area contributed by atoms with Gasteiger partial charge in [0.15, 0.2) is 0 Å². The van der Waals surface area contributed by atoms with Crippen molar-refractivity contribution >= 4 is 5.91 Å². The van der Waals surface area contributed by atoms with Crippen molar-refractivity contribution in [3.63, 3.8) is 0 Å². The Morgan fingerprint density at radius 3 is 3.00 bits per heavy atom. The molecular formula is C15H22N2O2. The molecule has 1 fully saturated rings. The molecule has 2 N–H and O–H groups in total. The summed E-state index contributed by atoms with van der Waals surface area (Å²) in [6.45, 7) is 2.60. The molecule has 0 bridgehead atoms. The molecule has 1 aliphatic rings. The van der Waals surface area contributed by atoms with Gasteiger partial charge in [0, 0.05) is 19.5 Å². The van der Waals surface area contributed by atoms with Gasteiger partial charge in [-0.05, 0) is 30.5 Å². The van der Waals surface area contributed by atoms with Crippen LogP contribution >= 0.6 is 0 Å². The predicted octanol–water partition coefficient (Wildman–Crippen LogP) is 1.93. The van der Waals surface area contributed by atoms with Gasteiger partial charge in [-0.25, -0.2) is 0 Å². The summed E-state index contributed by atoms with van der Waals surface area (Å²) in [6, 6.07) is 7.79. The second kappa shape index (κ2) is 7.14. The Labute approximate surface area is 114 Å². The molecule has 4 heteroatoms. The number of carbonyl (C=O) groups excluding carboxylic acids is 1. The number of likely N-dealkylation sites (tertiary alicyclic amines) is 1. The van der Waals surface area contributed by atoms with Crippen molar-refractivity contribution in [1.29, 1.82) is 0 Å². The molecule has 2 rings (SSSR count). The molecule has 19 heavy (non-hydrogen) atoms. The summed E-state index contributed by atoms with van der Waals surface area (Å²) in [5.41, 5.74) is 6.65. The third-order valence-corrected chi connectivity index (χ3v) is 3.44. The second-order valence-electron chi connectivity index (χ2n) is 4.89. The number of nitrogens with two attached hydrogens (primary N) is 1. The second-order valence-corrected chi connectivity index (χ2v) is 4.89. The zero-order valence-corrected chi connectivity index (χ0v) is 11.3. The summed E-state index contributed by atoms with van der Waals surface area (Å²) in [7, 11) is 0. The molecule has 0 unspecified atom stereocenters. The number of hydrogen-bond acceptors (Lipinski definition) is 3. The Kier molecular flexibility index (Phi) is 5.21. The first-order chi connectivity index (χ1) is 9.29. The van der Waals surface area contributed by atoms with Crippen LogP contribution in [-0.2, 0) is 11.3 Å². The van der Waals surface area contributed by atoms with Crippen LogP contribution in [0.3, 0.4) is 0 Å². The number of rotatable bonds is 5. The van der Waals surface area contributed by atoms with Crippen molar-refractivity contribution in [3.05, 3.63) is 29.8 Å². The standard InChI is InChI=1S/C15H22N2O2/c16-12-13-5-4-6-14(11-13)19-10-9-17-8-3-1-2-7-15(17)18/h4-6,11H,1-3,7-10,12,16H2. The van der Waals surface area contributed by atoms with E-state index in [-0.39, 0.29) is 5.91 Å². The Hall–Kier alpha value is -1.55. The first kappa shape index (κ1) is 13.9.